The highest BCUT2D eigenvalue weighted by Gasteiger charge is 2.36. The summed E-state index contributed by atoms with van der Waals surface area (Å²) in [5.41, 5.74) is 22.0. The van der Waals surface area contributed by atoms with E-state index in [4.69, 9.17) is 8.83 Å². The molecule has 0 atom stereocenters. The summed E-state index contributed by atoms with van der Waals surface area (Å²) in [6.45, 7) is 4.74. The fourth-order valence-electron chi connectivity index (χ4n) is 14.1. The molecule has 0 fully saturated rings. The van der Waals surface area contributed by atoms with E-state index >= 15 is 0 Å². The van der Waals surface area contributed by atoms with Crippen LogP contribution in [0.5, 0.6) is 0 Å². The number of rotatable bonds is 6. The summed E-state index contributed by atoms with van der Waals surface area (Å²) in [6, 6.07) is 89.0. The molecule has 5 heterocycles. The lowest BCUT2D eigenvalue weighted by molar-refractivity contribution is 0.660. The molecular weight excluding hydrogens is 965 g/mol. The van der Waals surface area contributed by atoms with Gasteiger partial charge in [0, 0.05) is 71.0 Å². The number of nitrogens with zero attached hydrogens (tertiary/aromatic N) is 4. The van der Waals surface area contributed by atoms with Crippen molar-refractivity contribution in [2.45, 2.75) is 19.3 Å². The third kappa shape index (κ3) is 5.69. The van der Waals surface area contributed by atoms with Gasteiger partial charge in [-0.1, -0.05) is 153 Å². The van der Waals surface area contributed by atoms with Crippen LogP contribution in [-0.4, -0.2) is 8.80 Å². The highest BCUT2D eigenvalue weighted by Crippen LogP contribution is 2.54. The standard InChI is InChI=1S/C73H46N4O2/c1-73(2)56-24-10-5-19-48(56)49-33-30-46(42-57(49)73)74(44-31-38-67-54(40-44)50-20-8-13-28-65(50)78-67)61-34-36-63-71-69(61)52-22-6-11-25-59(52)76(71)64-37-35-62(70-53-23-7-12-26-60(53)77(63)72(64)70)75(58-27-15-17-43-16-3-4-18-47(43)58)45-32-39-68-55(41-45)51-21-9-14-29-66(51)79-68/h3-42H,1-2H3. The molecule has 1 aliphatic carbocycles. The Bertz CT molecular complexity index is 5450. The number of hydrogen-bond acceptors (Lipinski definition) is 4. The average Bonchev–Trinajstić information content (AvgIpc) is 3.29. The van der Waals surface area contributed by atoms with Crippen LogP contribution in [0.4, 0.5) is 34.1 Å². The molecule has 0 amide bonds. The maximum absolute atomic E-state index is 6.47. The van der Waals surface area contributed by atoms with Crippen molar-refractivity contribution >= 4 is 143 Å². The minimum atomic E-state index is -0.193. The van der Waals surface area contributed by atoms with Crippen LogP contribution in [0.15, 0.2) is 251 Å². The summed E-state index contributed by atoms with van der Waals surface area (Å²) < 4.78 is 18.0. The van der Waals surface area contributed by atoms with Crippen molar-refractivity contribution in [3.8, 4) is 11.1 Å². The lowest BCUT2D eigenvalue weighted by Gasteiger charge is -2.29. The Morgan fingerprint density at radius 1 is 0.316 bits per heavy atom. The van der Waals surface area contributed by atoms with Crippen molar-refractivity contribution < 1.29 is 8.83 Å². The predicted molar refractivity (Wildman–Crippen MR) is 329 cm³/mol. The molecule has 0 aliphatic heterocycles. The van der Waals surface area contributed by atoms with Crippen molar-refractivity contribution in [1.29, 1.82) is 0 Å². The first-order valence-corrected chi connectivity index (χ1v) is 27.2. The number of fused-ring (bicyclic) bond motifs is 18. The van der Waals surface area contributed by atoms with E-state index in [1.807, 2.05) is 12.1 Å². The number of hydrogen-bond donors (Lipinski definition) is 0. The van der Waals surface area contributed by atoms with Crippen molar-refractivity contribution in [2.75, 3.05) is 9.80 Å². The van der Waals surface area contributed by atoms with E-state index in [0.29, 0.717) is 0 Å². The Morgan fingerprint density at radius 3 is 1.43 bits per heavy atom. The highest BCUT2D eigenvalue weighted by atomic mass is 16.3. The largest absolute Gasteiger partial charge is 0.456 e. The highest BCUT2D eigenvalue weighted by molar-refractivity contribution is 6.28. The van der Waals surface area contributed by atoms with Gasteiger partial charge < -0.3 is 27.4 Å². The summed E-state index contributed by atoms with van der Waals surface area (Å²) in [7, 11) is 0. The van der Waals surface area contributed by atoms with Gasteiger partial charge in [-0.3, -0.25) is 0 Å². The second-order valence-corrected chi connectivity index (χ2v) is 22.0. The predicted octanol–water partition coefficient (Wildman–Crippen LogP) is 20.4. The molecule has 17 aromatic rings. The van der Waals surface area contributed by atoms with Crippen LogP contribution in [0.1, 0.15) is 25.0 Å². The first-order chi connectivity index (χ1) is 39.0. The lowest BCUT2D eigenvalue weighted by Crippen LogP contribution is -2.16. The zero-order chi connectivity index (χ0) is 51.8. The number of furan rings is 2. The Balaban J connectivity index is 0.943. The maximum Gasteiger partial charge on any atom is 0.135 e. The van der Waals surface area contributed by atoms with E-state index in [0.717, 1.165) is 106 Å². The molecular formula is C73H46N4O2. The van der Waals surface area contributed by atoms with E-state index in [2.05, 4.69) is 263 Å². The van der Waals surface area contributed by atoms with Gasteiger partial charge in [0.05, 0.1) is 50.2 Å². The molecule has 5 aromatic heterocycles. The van der Waals surface area contributed by atoms with Crippen LogP contribution in [0, 0.1) is 0 Å². The Kier molecular flexibility index (Phi) is 8.38. The van der Waals surface area contributed by atoms with Crippen LogP contribution in [-0.2, 0) is 5.41 Å². The van der Waals surface area contributed by atoms with Gasteiger partial charge in [-0.15, -0.1) is 0 Å². The number of benzene rings is 12. The van der Waals surface area contributed by atoms with Crippen LogP contribution < -0.4 is 9.80 Å². The molecule has 0 N–H and O–H groups in total. The minimum absolute atomic E-state index is 0.193. The smallest absolute Gasteiger partial charge is 0.135 e. The van der Waals surface area contributed by atoms with Crippen molar-refractivity contribution in [1.82, 2.24) is 8.80 Å². The third-order valence-corrected chi connectivity index (χ3v) is 17.6. The first kappa shape index (κ1) is 42.9. The normalized spacial score (nSPS) is 13.3. The SMILES string of the molecule is CC1(C)c2ccccc2-c2ccc(N(c3ccc4oc5ccccc5c4c3)c3ccc4c5c3c3ccccc3n5c3ccc(N(c5ccc6oc7ccccc7c6c5)c5cccc6ccccc56)c5c6ccccc6n4c53)cc21. The number of anilines is 6. The number of aromatic nitrogens is 2. The molecule has 0 saturated heterocycles. The Morgan fingerprint density at radius 2 is 0.785 bits per heavy atom. The van der Waals surface area contributed by atoms with Gasteiger partial charge >= 0.3 is 0 Å². The van der Waals surface area contributed by atoms with E-state index in [1.54, 1.807) is 0 Å². The summed E-state index contributed by atoms with van der Waals surface area (Å²) in [6.07, 6.45) is 0. The molecule has 0 saturated carbocycles. The van der Waals surface area contributed by atoms with Gasteiger partial charge in [-0.25, -0.2) is 0 Å². The molecule has 370 valence electrons. The van der Waals surface area contributed by atoms with Crippen molar-refractivity contribution in [2.24, 2.45) is 0 Å². The van der Waals surface area contributed by atoms with Crippen LogP contribution in [0.3, 0.4) is 0 Å². The molecule has 12 aromatic carbocycles. The van der Waals surface area contributed by atoms with Crippen LogP contribution in [0.2, 0.25) is 0 Å². The van der Waals surface area contributed by atoms with Gasteiger partial charge in [0.1, 0.15) is 22.3 Å². The third-order valence-electron chi connectivity index (χ3n) is 17.6. The second-order valence-electron chi connectivity index (χ2n) is 22.0. The first-order valence-electron chi connectivity index (χ1n) is 27.2. The average molecular weight is 1010 g/mol. The van der Waals surface area contributed by atoms with Gasteiger partial charge in [-0.2, -0.15) is 0 Å². The summed E-state index contributed by atoms with van der Waals surface area (Å²) in [5, 5.41) is 11.5. The second kappa shape index (κ2) is 15.4. The Labute approximate surface area is 452 Å². The van der Waals surface area contributed by atoms with E-state index in [1.165, 1.54) is 60.1 Å². The van der Waals surface area contributed by atoms with E-state index in [-0.39, 0.29) is 5.41 Å². The fourth-order valence-corrected chi connectivity index (χ4v) is 14.1. The van der Waals surface area contributed by atoms with Crippen LogP contribution in [0.25, 0.3) is 120 Å². The topological polar surface area (TPSA) is 41.6 Å². The van der Waals surface area contributed by atoms with Gasteiger partial charge in [-0.05, 0) is 131 Å². The maximum atomic E-state index is 6.47. The zero-order valence-corrected chi connectivity index (χ0v) is 43.2. The summed E-state index contributed by atoms with van der Waals surface area (Å²) in [4.78, 5) is 4.98. The van der Waals surface area contributed by atoms with E-state index in [9.17, 15) is 0 Å². The zero-order valence-electron chi connectivity index (χ0n) is 43.2. The molecule has 6 heteroatoms. The molecule has 0 spiro atoms. The molecule has 0 unspecified atom stereocenters. The molecule has 79 heavy (non-hydrogen) atoms. The van der Waals surface area contributed by atoms with Crippen molar-refractivity contribution in [3.05, 3.63) is 254 Å². The molecule has 6 nitrogen and oxygen atoms in total. The molecule has 18 rings (SSSR count). The van der Waals surface area contributed by atoms with Crippen molar-refractivity contribution in [3.63, 3.8) is 0 Å². The minimum Gasteiger partial charge on any atom is -0.456 e. The lowest BCUT2D eigenvalue weighted by atomic mass is 9.82. The Hall–Kier alpha value is -10.3. The fraction of sp³-hybridized carbons (Fsp3) is 0.0411. The quantitative estimate of drug-likeness (QED) is 0.156. The molecule has 0 bridgehead atoms. The van der Waals surface area contributed by atoms with E-state index < -0.39 is 0 Å². The van der Waals surface area contributed by atoms with Gasteiger partial charge in [0.2, 0.25) is 0 Å². The summed E-state index contributed by atoms with van der Waals surface area (Å²) in [5.74, 6) is 0. The molecule has 0 radical (unpaired) electrons. The van der Waals surface area contributed by atoms with Gasteiger partial charge in [0.25, 0.3) is 0 Å². The monoisotopic (exact) mass is 1010 g/mol. The summed E-state index contributed by atoms with van der Waals surface area (Å²) >= 11 is 0. The molecule has 1 aliphatic rings. The number of para-hydroxylation sites is 4. The van der Waals surface area contributed by atoms with Crippen LogP contribution >= 0.6 is 0 Å². The van der Waals surface area contributed by atoms with Gasteiger partial charge in [0.15, 0.2) is 0 Å².